The summed E-state index contributed by atoms with van der Waals surface area (Å²) < 4.78 is 7.02. The molecule has 2 N–H and O–H groups in total. The molecule has 0 unspecified atom stereocenters. The van der Waals surface area contributed by atoms with Crippen molar-refractivity contribution in [3.8, 4) is 5.69 Å². The fourth-order valence-electron chi connectivity index (χ4n) is 3.52. The number of benzene rings is 2. The molecule has 9 heteroatoms. The van der Waals surface area contributed by atoms with Crippen molar-refractivity contribution < 1.29 is 19.4 Å². The second kappa shape index (κ2) is 8.97. The number of aliphatic hydroxyl groups is 1. The number of hydrogen-bond acceptors (Lipinski definition) is 6. The highest BCUT2D eigenvalue weighted by atomic mass is 16.6. The van der Waals surface area contributed by atoms with Crippen molar-refractivity contribution in [2.75, 3.05) is 11.9 Å². The molecule has 0 aliphatic carbocycles. The average molecular weight is 421 g/mol. The molecule has 2 heterocycles. The van der Waals surface area contributed by atoms with Crippen molar-refractivity contribution in [2.24, 2.45) is 0 Å². The number of aromatic nitrogens is 3. The molecule has 1 saturated heterocycles. The molecule has 1 aliphatic heterocycles. The maximum absolute atomic E-state index is 12.8. The summed E-state index contributed by atoms with van der Waals surface area (Å²) in [6.45, 7) is 2.05. The van der Waals surface area contributed by atoms with E-state index in [0.29, 0.717) is 5.69 Å². The molecule has 0 bridgehead atoms. The third-order valence-electron chi connectivity index (χ3n) is 5.12. The van der Waals surface area contributed by atoms with Gasteiger partial charge in [0.25, 0.3) is 0 Å². The molecule has 2 amide bonds. The number of hydrogen-bond donors (Lipinski definition) is 2. The predicted octanol–water partition coefficient (Wildman–Crippen LogP) is 2.29. The lowest BCUT2D eigenvalue weighted by Gasteiger charge is -2.23. The van der Waals surface area contributed by atoms with Gasteiger partial charge in [-0.15, -0.1) is 5.10 Å². The van der Waals surface area contributed by atoms with E-state index in [-0.39, 0.29) is 25.5 Å². The summed E-state index contributed by atoms with van der Waals surface area (Å²) in [6, 6.07) is 15.6. The summed E-state index contributed by atoms with van der Waals surface area (Å²) in [5, 5.41) is 20.7. The van der Waals surface area contributed by atoms with Crippen LogP contribution in [0.5, 0.6) is 0 Å². The second-order valence-corrected chi connectivity index (χ2v) is 7.42. The number of aryl methyl sites for hydroxylation is 1. The van der Waals surface area contributed by atoms with Gasteiger partial charge in [-0.3, -0.25) is 9.69 Å². The Morgan fingerprint density at radius 2 is 1.90 bits per heavy atom. The molecular weight excluding hydrogens is 398 g/mol. The molecule has 31 heavy (non-hydrogen) atoms. The first-order valence-electron chi connectivity index (χ1n) is 9.95. The van der Waals surface area contributed by atoms with Crippen molar-refractivity contribution in [1.29, 1.82) is 0 Å². The SMILES string of the molecule is Cc1cnnn1-c1ccc(NC(=O)[C@@H]2C[C@@H](O)CN2C(=O)OCc2ccccc2)cc1. The van der Waals surface area contributed by atoms with E-state index in [1.807, 2.05) is 49.4 Å². The van der Waals surface area contributed by atoms with E-state index in [0.717, 1.165) is 16.9 Å². The first-order valence-corrected chi connectivity index (χ1v) is 9.95. The Kier molecular flexibility index (Phi) is 5.94. The Morgan fingerprint density at radius 1 is 1.16 bits per heavy atom. The van der Waals surface area contributed by atoms with Gasteiger partial charge in [-0.2, -0.15) is 0 Å². The molecule has 160 valence electrons. The minimum atomic E-state index is -0.810. The molecule has 4 rings (SSSR count). The van der Waals surface area contributed by atoms with E-state index in [2.05, 4.69) is 15.6 Å². The average Bonchev–Trinajstić information content (AvgIpc) is 3.39. The zero-order chi connectivity index (χ0) is 21.8. The summed E-state index contributed by atoms with van der Waals surface area (Å²) in [6.07, 6.45) is 0.407. The van der Waals surface area contributed by atoms with Crippen LogP contribution in [0, 0.1) is 6.92 Å². The van der Waals surface area contributed by atoms with Crippen LogP contribution in [-0.2, 0) is 16.1 Å². The number of nitrogens with zero attached hydrogens (tertiary/aromatic N) is 4. The Balaban J connectivity index is 1.39. The lowest BCUT2D eigenvalue weighted by atomic mass is 10.2. The Bertz CT molecular complexity index is 1050. The van der Waals surface area contributed by atoms with Crippen LogP contribution in [0.1, 0.15) is 17.7 Å². The standard InChI is InChI=1S/C22H23N5O4/c1-15-12-23-25-27(15)18-9-7-17(8-10-18)24-21(29)20-11-19(28)13-26(20)22(30)31-14-16-5-3-2-4-6-16/h2-10,12,19-20,28H,11,13-14H2,1H3,(H,24,29)/t19-,20+/m1/s1. The number of anilines is 1. The number of ether oxygens (including phenoxy) is 1. The van der Waals surface area contributed by atoms with E-state index in [1.54, 1.807) is 23.0 Å². The number of β-amino-alcohol motifs (C(OH)–C–C–N with tert-alkyl or cyclic N) is 1. The predicted molar refractivity (Wildman–Crippen MR) is 112 cm³/mol. The minimum absolute atomic E-state index is 0.0518. The largest absolute Gasteiger partial charge is 0.445 e. The van der Waals surface area contributed by atoms with Gasteiger partial charge in [0.15, 0.2) is 0 Å². The number of amides is 2. The molecule has 1 aliphatic rings. The van der Waals surface area contributed by atoms with Crippen molar-refractivity contribution >= 4 is 17.7 Å². The number of carbonyl (C=O) groups excluding carboxylic acids is 2. The molecule has 9 nitrogen and oxygen atoms in total. The van der Waals surface area contributed by atoms with Gasteiger partial charge in [0.05, 0.1) is 30.2 Å². The lowest BCUT2D eigenvalue weighted by Crippen LogP contribution is -2.43. The van der Waals surface area contributed by atoms with E-state index in [4.69, 9.17) is 4.74 Å². The van der Waals surface area contributed by atoms with Crippen molar-refractivity contribution in [2.45, 2.75) is 32.1 Å². The summed E-state index contributed by atoms with van der Waals surface area (Å²) in [5.74, 6) is -0.377. The number of rotatable bonds is 5. The van der Waals surface area contributed by atoms with E-state index in [1.165, 1.54) is 4.90 Å². The van der Waals surface area contributed by atoms with Crippen molar-refractivity contribution in [1.82, 2.24) is 19.9 Å². The maximum Gasteiger partial charge on any atom is 0.410 e. The summed E-state index contributed by atoms with van der Waals surface area (Å²) >= 11 is 0. The van der Waals surface area contributed by atoms with Crippen LogP contribution in [0.25, 0.3) is 5.69 Å². The topological polar surface area (TPSA) is 110 Å². The zero-order valence-electron chi connectivity index (χ0n) is 17.0. The van der Waals surface area contributed by atoms with Gasteiger partial charge in [-0.05, 0) is 36.8 Å². The number of nitrogens with one attached hydrogen (secondary N) is 1. The van der Waals surface area contributed by atoms with E-state index >= 15 is 0 Å². The van der Waals surface area contributed by atoms with Crippen molar-refractivity contribution in [3.63, 3.8) is 0 Å². The number of aliphatic hydroxyl groups excluding tert-OH is 1. The highest BCUT2D eigenvalue weighted by molar-refractivity contribution is 5.97. The smallest absolute Gasteiger partial charge is 0.410 e. The minimum Gasteiger partial charge on any atom is -0.445 e. The first kappa shape index (κ1) is 20.5. The summed E-state index contributed by atoms with van der Waals surface area (Å²) in [4.78, 5) is 26.6. The Labute approximate surface area is 179 Å². The zero-order valence-corrected chi connectivity index (χ0v) is 17.0. The number of carbonyl (C=O) groups is 2. The molecule has 0 saturated carbocycles. The van der Waals surface area contributed by atoms with Crippen LogP contribution in [0.2, 0.25) is 0 Å². The maximum atomic E-state index is 12.8. The third kappa shape index (κ3) is 4.72. The second-order valence-electron chi connectivity index (χ2n) is 7.42. The van der Waals surface area contributed by atoms with Crippen LogP contribution < -0.4 is 5.32 Å². The van der Waals surface area contributed by atoms with Crippen LogP contribution in [0.4, 0.5) is 10.5 Å². The molecule has 0 radical (unpaired) electrons. The Morgan fingerprint density at radius 3 is 2.58 bits per heavy atom. The normalized spacial score (nSPS) is 18.1. The quantitative estimate of drug-likeness (QED) is 0.654. The molecular formula is C22H23N5O4. The van der Waals surface area contributed by atoms with Crippen LogP contribution >= 0.6 is 0 Å². The summed E-state index contributed by atoms with van der Waals surface area (Å²) in [5.41, 5.74) is 3.13. The van der Waals surface area contributed by atoms with Gasteiger partial charge in [-0.1, -0.05) is 35.5 Å². The molecule has 3 aromatic rings. The summed E-state index contributed by atoms with van der Waals surface area (Å²) in [7, 11) is 0. The van der Waals surface area contributed by atoms with Gasteiger partial charge < -0.3 is 15.2 Å². The van der Waals surface area contributed by atoms with Gasteiger partial charge in [-0.25, -0.2) is 9.48 Å². The molecule has 2 aromatic carbocycles. The lowest BCUT2D eigenvalue weighted by molar-refractivity contribution is -0.120. The van der Waals surface area contributed by atoms with Gasteiger partial charge in [0, 0.05) is 12.1 Å². The molecule has 1 aromatic heterocycles. The van der Waals surface area contributed by atoms with Gasteiger partial charge in [0.1, 0.15) is 12.6 Å². The number of likely N-dealkylation sites (tertiary alicyclic amines) is 1. The van der Waals surface area contributed by atoms with Crippen LogP contribution in [-0.4, -0.2) is 55.7 Å². The highest BCUT2D eigenvalue weighted by Gasteiger charge is 2.39. The van der Waals surface area contributed by atoms with Crippen LogP contribution in [0.3, 0.4) is 0 Å². The van der Waals surface area contributed by atoms with Gasteiger partial charge >= 0.3 is 6.09 Å². The molecule has 2 atom stereocenters. The Hall–Kier alpha value is -3.72. The fourth-order valence-corrected chi connectivity index (χ4v) is 3.52. The monoisotopic (exact) mass is 421 g/mol. The van der Waals surface area contributed by atoms with Crippen LogP contribution in [0.15, 0.2) is 60.8 Å². The third-order valence-corrected chi connectivity index (χ3v) is 5.12. The van der Waals surface area contributed by atoms with E-state index < -0.39 is 18.2 Å². The molecule has 0 spiro atoms. The molecule has 1 fully saturated rings. The highest BCUT2D eigenvalue weighted by Crippen LogP contribution is 2.22. The van der Waals surface area contributed by atoms with E-state index in [9.17, 15) is 14.7 Å². The fraction of sp³-hybridized carbons (Fsp3) is 0.273. The first-order chi connectivity index (χ1) is 15.0. The van der Waals surface area contributed by atoms with Gasteiger partial charge in [0.2, 0.25) is 5.91 Å². The van der Waals surface area contributed by atoms with Crippen molar-refractivity contribution in [3.05, 3.63) is 72.1 Å².